The van der Waals surface area contributed by atoms with Gasteiger partial charge in [-0.2, -0.15) is 5.26 Å². The van der Waals surface area contributed by atoms with Crippen LogP contribution in [0.25, 0.3) is 11.0 Å². The molecule has 0 aliphatic carbocycles. The van der Waals surface area contributed by atoms with Gasteiger partial charge >= 0.3 is 0 Å². The number of aromatic nitrogens is 2. The van der Waals surface area contributed by atoms with Crippen molar-refractivity contribution in [1.29, 1.82) is 5.26 Å². The van der Waals surface area contributed by atoms with E-state index < -0.39 is 0 Å². The van der Waals surface area contributed by atoms with Crippen LogP contribution in [-0.2, 0) is 6.54 Å². The first kappa shape index (κ1) is 13.9. The number of imidazole rings is 1. The number of nitriles is 1. The quantitative estimate of drug-likeness (QED) is 0.938. The molecule has 2 heterocycles. The lowest BCUT2D eigenvalue weighted by atomic mass is 10.1. The lowest BCUT2D eigenvalue weighted by Crippen LogP contribution is -2.39. The number of anilines is 1. The summed E-state index contributed by atoms with van der Waals surface area (Å²) in [4.78, 5) is 6.90. The minimum Gasteiger partial charge on any atom is -0.369 e. The zero-order valence-corrected chi connectivity index (χ0v) is 12.4. The fourth-order valence-electron chi connectivity index (χ4n) is 3.19. The molecule has 0 radical (unpaired) electrons. The van der Waals surface area contributed by atoms with E-state index in [1.807, 2.05) is 16.7 Å². The summed E-state index contributed by atoms with van der Waals surface area (Å²) in [7, 11) is 0. The molecule has 1 aliphatic rings. The highest BCUT2D eigenvalue weighted by Gasteiger charge is 2.19. The van der Waals surface area contributed by atoms with Crippen LogP contribution in [0.15, 0.2) is 18.2 Å². The van der Waals surface area contributed by atoms with Gasteiger partial charge in [0.2, 0.25) is 5.95 Å². The summed E-state index contributed by atoms with van der Waals surface area (Å²) in [6.45, 7) is 5.39. The Morgan fingerprint density at radius 3 is 2.81 bits per heavy atom. The molecule has 2 aromatic rings. The van der Waals surface area contributed by atoms with E-state index >= 15 is 0 Å². The van der Waals surface area contributed by atoms with Crippen molar-refractivity contribution in [1.82, 2.24) is 14.5 Å². The SMILES string of the molecule is CC(Cn1c(N)nc2c(C#N)cccc21)N1CCCCC1. The molecule has 2 N–H and O–H groups in total. The number of para-hydroxylation sites is 1. The number of hydrogen-bond donors (Lipinski definition) is 1. The average molecular weight is 283 g/mol. The van der Waals surface area contributed by atoms with Crippen LogP contribution < -0.4 is 5.73 Å². The zero-order valence-electron chi connectivity index (χ0n) is 12.4. The van der Waals surface area contributed by atoms with Crippen molar-refractivity contribution in [2.75, 3.05) is 18.8 Å². The van der Waals surface area contributed by atoms with E-state index in [1.165, 1.54) is 19.3 Å². The standard InChI is InChI=1S/C16H21N5/c1-12(20-8-3-2-4-9-20)11-21-14-7-5-6-13(10-17)15(14)19-16(21)18/h5-7,12H,2-4,8-9,11H2,1H3,(H2,18,19). The van der Waals surface area contributed by atoms with Crippen molar-refractivity contribution in [2.45, 2.75) is 38.8 Å². The summed E-state index contributed by atoms with van der Waals surface area (Å²) in [5.41, 5.74) is 8.33. The maximum absolute atomic E-state index is 9.17. The summed E-state index contributed by atoms with van der Waals surface area (Å²) in [5, 5.41) is 9.17. The normalized spacial score (nSPS) is 17.7. The maximum Gasteiger partial charge on any atom is 0.201 e. The highest BCUT2D eigenvalue weighted by Crippen LogP contribution is 2.23. The molecule has 110 valence electrons. The van der Waals surface area contributed by atoms with Crippen molar-refractivity contribution >= 4 is 17.0 Å². The first-order valence-corrected chi connectivity index (χ1v) is 7.59. The van der Waals surface area contributed by atoms with Crippen LogP contribution in [0, 0.1) is 11.3 Å². The third-order valence-electron chi connectivity index (χ3n) is 4.39. The number of rotatable bonds is 3. The maximum atomic E-state index is 9.17. The minimum atomic E-state index is 0.427. The number of nitrogens with two attached hydrogens (primary N) is 1. The van der Waals surface area contributed by atoms with E-state index in [4.69, 9.17) is 5.73 Å². The lowest BCUT2D eigenvalue weighted by molar-refractivity contribution is 0.161. The largest absolute Gasteiger partial charge is 0.369 e. The summed E-state index contributed by atoms with van der Waals surface area (Å²) in [5.74, 6) is 0.497. The van der Waals surface area contributed by atoms with Crippen LogP contribution >= 0.6 is 0 Å². The molecule has 5 nitrogen and oxygen atoms in total. The number of nitrogen functional groups attached to an aromatic ring is 1. The van der Waals surface area contributed by atoms with E-state index in [2.05, 4.69) is 22.9 Å². The van der Waals surface area contributed by atoms with Crippen molar-refractivity contribution < 1.29 is 0 Å². The molecule has 1 aliphatic heterocycles. The van der Waals surface area contributed by atoms with Crippen molar-refractivity contribution in [3.63, 3.8) is 0 Å². The molecule has 3 rings (SSSR count). The van der Waals surface area contributed by atoms with Crippen LogP contribution in [0.3, 0.4) is 0 Å². The number of hydrogen-bond acceptors (Lipinski definition) is 4. The van der Waals surface area contributed by atoms with Crippen molar-refractivity contribution in [3.8, 4) is 6.07 Å². The molecule has 1 atom stereocenters. The Bertz CT molecular complexity index is 676. The highest BCUT2D eigenvalue weighted by atomic mass is 15.2. The Hall–Kier alpha value is -2.06. The predicted molar refractivity (Wildman–Crippen MR) is 83.7 cm³/mol. The Kier molecular flexibility index (Phi) is 3.80. The van der Waals surface area contributed by atoms with Gasteiger partial charge in [0.15, 0.2) is 0 Å². The predicted octanol–water partition coefficient (Wildman–Crippen LogP) is 2.36. The van der Waals surface area contributed by atoms with Crippen molar-refractivity contribution in [2.24, 2.45) is 0 Å². The van der Waals surface area contributed by atoms with E-state index in [0.717, 1.165) is 25.2 Å². The van der Waals surface area contributed by atoms with Gasteiger partial charge in [-0.15, -0.1) is 0 Å². The molecule has 0 spiro atoms. The number of likely N-dealkylation sites (tertiary alicyclic amines) is 1. The van der Waals surface area contributed by atoms with E-state index in [-0.39, 0.29) is 0 Å². The van der Waals surface area contributed by atoms with Gasteiger partial charge in [-0.3, -0.25) is 4.90 Å². The number of piperidine rings is 1. The van der Waals surface area contributed by atoms with Gasteiger partial charge in [0.25, 0.3) is 0 Å². The van der Waals surface area contributed by atoms with Gasteiger partial charge in [0.1, 0.15) is 11.6 Å². The van der Waals surface area contributed by atoms with Crippen LogP contribution in [0.5, 0.6) is 0 Å². The fourth-order valence-corrected chi connectivity index (χ4v) is 3.19. The summed E-state index contributed by atoms with van der Waals surface area (Å²) >= 11 is 0. The second-order valence-electron chi connectivity index (χ2n) is 5.81. The van der Waals surface area contributed by atoms with E-state index in [9.17, 15) is 5.26 Å². The molecule has 1 saturated heterocycles. The van der Waals surface area contributed by atoms with Gasteiger partial charge in [-0.05, 0) is 45.0 Å². The number of fused-ring (bicyclic) bond motifs is 1. The Morgan fingerprint density at radius 2 is 2.10 bits per heavy atom. The van der Waals surface area contributed by atoms with Gasteiger partial charge in [0.05, 0.1) is 11.1 Å². The topological polar surface area (TPSA) is 70.9 Å². The third-order valence-corrected chi connectivity index (χ3v) is 4.39. The number of benzene rings is 1. The first-order valence-electron chi connectivity index (χ1n) is 7.59. The molecule has 0 saturated carbocycles. The van der Waals surface area contributed by atoms with Crippen molar-refractivity contribution in [3.05, 3.63) is 23.8 Å². The summed E-state index contributed by atoms with van der Waals surface area (Å²) in [6, 6.07) is 8.28. The van der Waals surface area contributed by atoms with E-state index in [1.54, 1.807) is 6.07 Å². The molecule has 0 amide bonds. The van der Waals surface area contributed by atoms with Crippen LogP contribution in [-0.4, -0.2) is 33.6 Å². The smallest absolute Gasteiger partial charge is 0.201 e. The summed E-state index contributed by atoms with van der Waals surface area (Å²) < 4.78 is 2.04. The molecular weight excluding hydrogens is 262 g/mol. The lowest BCUT2D eigenvalue weighted by Gasteiger charge is -2.32. The molecule has 5 heteroatoms. The van der Waals surface area contributed by atoms with Crippen LogP contribution in [0.1, 0.15) is 31.7 Å². The first-order chi connectivity index (χ1) is 10.2. The average Bonchev–Trinajstić information content (AvgIpc) is 2.84. The Balaban J connectivity index is 1.90. The van der Waals surface area contributed by atoms with Crippen LogP contribution in [0.2, 0.25) is 0 Å². The van der Waals surface area contributed by atoms with Gasteiger partial charge < -0.3 is 10.3 Å². The third kappa shape index (κ3) is 2.59. The Labute approximate surface area is 125 Å². The molecule has 1 unspecified atom stereocenters. The molecule has 21 heavy (non-hydrogen) atoms. The second kappa shape index (κ2) is 5.74. The molecular formula is C16H21N5. The van der Waals surface area contributed by atoms with E-state index in [0.29, 0.717) is 23.1 Å². The fraction of sp³-hybridized carbons (Fsp3) is 0.500. The molecule has 0 bridgehead atoms. The van der Waals surface area contributed by atoms with Gasteiger partial charge in [-0.25, -0.2) is 4.98 Å². The Morgan fingerprint density at radius 1 is 1.33 bits per heavy atom. The zero-order chi connectivity index (χ0) is 14.8. The molecule has 1 fully saturated rings. The highest BCUT2D eigenvalue weighted by molar-refractivity contribution is 5.83. The van der Waals surface area contributed by atoms with Gasteiger partial charge in [-0.1, -0.05) is 12.5 Å². The summed E-state index contributed by atoms with van der Waals surface area (Å²) in [6.07, 6.45) is 3.90. The molecule has 1 aromatic heterocycles. The second-order valence-corrected chi connectivity index (χ2v) is 5.81. The minimum absolute atomic E-state index is 0.427. The van der Waals surface area contributed by atoms with Gasteiger partial charge in [0, 0.05) is 12.6 Å². The van der Waals surface area contributed by atoms with Crippen LogP contribution in [0.4, 0.5) is 5.95 Å². The molecule has 1 aromatic carbocycles. The number of nitrogens with zero attached hydrogens (tertiary/aromatic N) is 4. The monoisotopic (exact) mass is 283 g/mol.